The topological polar surface area (TPSA) is 9.23 Å². The standard InChI is InChI=1S/C59H80OS/c1-12-55(9,13-2)43-54(47-29-23-20-24-30-47)58(18-7,19-8)57(16-5,17-6)44-53(56(10,14-3)15-4)48-37-35-46(36-38-48)45-61-59(49-31-25-21-26-32-49,50-33-27-22-28-34-50)51-39-41-52(60-11)42-40-51/h20-42,53-54H,12-19,43-45H2,1-11H3. The van der Waals surface area contributed by atoms with Crippen molar-refractivity contribution in [3.63, 3.8) is 0 Å². The summed E-state index contributed by atoms with van der Waals surface area (Å²) in [5.41, 5.74) is 9.09. The minimum absolute atomic E-state index is 0.167. The highest BCUT2D eigenvalue weighted by atomic mass is 32.2. The third kappa shape index (κ3) is 9.91. The van der Waals surface area contributed by atoms with Crippen LogP contribution in [0.3, 0.4) is 0 Å². The molecule has 0 radical (unpaired) electrons. The second-order valence-electron chi connectivity index (χ2n) is 18.8. The zero-order chi connectivity index (χ0) is 44.2. The molecule has 0 aliphatic rings. The average Bonchev–Trinajstić information content (AvgIpc) is 3.33. The van der Waals surface area contributed by atoms with Crippen molar-refractivity contribution in [2.24, 2.45) is 21.7 Å². The number of methoxy groups -OCH3 is 1. The summed E-state index contributed by atoms with van der Waals surface area (Å²) in [5.74, 6) is 2.72. The molecule has 2 unspecified atom stereocenters. The molecule has 0 spiro atoms. The maximum absolute atomic E-state index is 5.62. The lowest BCUT2D eigenvalue weighted by molar-refractivity contribution is -0.0488. The Hall–Kier alpha value is -3.75. The molecule has 5 aromatic carbocycles. The number of hydrogen-bond donors (Lipinski definition) is 0. The first-order chi connectivity index (χ1) is 29.5. The molecule has 2 atom stereocenters. The van der Waals surface area contributed by atoms with Gasteiger partial charge in [0, 0.05) is 5.75 Å². The molecule has 5 rings (SSSR count). The quantitative estimate of drug-likeness (QED) is 0.0573. The first-order valence-corrected chi connectivity index (χ1v) is 25.0. The first kappa shape index (κ1) is 48.3. The minimum atomic E-state index is -0.397. The molecule has 0 amide bonds. The monoisotopic (exact) mass is 837 g/mol. The summed E-state index contributed by atoms with van der Waals surface area (Å²) in [7, 11) is 1.74. The fraction of sp³-hybridized carbons (Fsp3) is 0.492. The number of benzene rings is 5. The zero-order valence-electron chi connectivity index (χ0n) is 40.0. The second-order valence-corrected chi connectivity index (χ2v) is 20.0. The fourth-order valence-corrected chi connectivity index (χ4v) is 13.0. The summed E-state index contributed by atoms with van der Waals surface area (Å²) in [6.45, 7) is 25.0. The lowest BCUT2D eigenvalue weighted by atomic mass is 9.46. The van der Waals surface area contributed by atoms with E-state index in [0.717, 1.165) is 11.5 Å². The Morgan fingerprint density at radius 1 is 0.459 bits per heavy atom. The maximum Gasteiger partial charge on any atom is 0.118 e. The van der Waals surface area contributed by atoms with Gasteiger partial charge in [0.2, 0.25) is 0 Å². The van der Waals surface area contributed by atoms with E-state index in [4.69, 9.17) is 4.74 Å². The maximum atomic E-state index is 5.62. The van der Waals surface area contributed by atoms with E-state index in [0.29, 0.717) is 17.3 Å². The third-order valence-corrected chi connectivity index (χ3v) is 18.3. The van der Waals surface area contributed by atoms with Crippen LogP contribution in [0.4, 0.5) is 0 Å². The molecule has 0 aliphatic carbocycles. The van der Waals surface area contributed by atoms with Crippen molar-refractivity contribution in [2.75, 3.05) is 7.11 Å². The van der Waals surface area contributed by atoms with Gasteiger partial charge in [0.15, 0.2) is 0 Å². The van der Waals surface area contributed by atoms with Crippen LogP contribution in [0.25, 0.3) is 0 Å². The van der Waals surface area contributed by atoms with Crippen LogP contribution in [-0.4, -0.2) is 7.11 Å². The van der Waals surface area contributed by atoms with Gasteiger partial charge in [-0.25, -0.2) is 0 Å². The van der Waals surface area contributed by atoms with Gasteiger partial charge in [-0.2, -0.15) is 0 Å². The van der Waals surface area contributed by atoms with Crippen molar-refractivity contribution in [1.82, 2.24) is 0 Å². The van der Waals surface area contributed by atoms with E-state index in [1.54, 1.807) is 12.7 Å². The SMILES string of the molecule is CCC(C)(CC)CC(c1ccccc1)C(CC)(CC)C(CC)(CC)CC(c1ccc(CSC(c2ccccc2)(c2ccccc2)c2ccc(OC)cc2)cc1)C(C)(CC)CC. The average molecular weight is 837 g/mol. The molecule has 0 bridgehead atoms. The Kier molecular flexibility index (Phi) is 17.1. The Morgan fingerprint density at radius 3 is 1.34 bits per heavy atom. The molecule has 2 heteroatoms. The smallest absolute Gasteiger partial charge is 0.118 e. The molecule has 0 aromatic heterocycles. The Bertz CT molecular complexity index is 1940. The summed E-state index contributed by atoms with van der Waals surface area (Å²) in [6, 6.07) is 52.6. The van der Waals surface area contributed by atoms with Gasteiger partial charge in [-0.05, 0) is 118 Å². The van der Waals surface area contributed by atoms with Crippen LogP contribution in [0.2, 0.25) is 0 Å². The summed E-state index contributed by atoms with van der Waals surface area (Å²) in [6.07, 6.45) is 12.0. The van der Waals surface area contributed by atoms with Gasteiger partial charge in [0.1, 0.15) is 5.75 Å². The molecule has 0 aliphatic heterocycles. The van der Waals surface area contributed by atoms with Gasteiger partial charge in [0.25, 0.3) is 0 Å². The Morgan fingerprint density at radius 2 is 0.918 bits per heavy atom. The van der Waals surface area contributed by atoms with Crippen molar-refractivity contribution in [1.29, 1.82) is 0 Å². The van der Waals surface area contributed by atoms with Crippen LogP contribution in [0, 0.1) is 21.7 Å². The molecule has 0 fully saturated rings. The van der Waals surface area contributed by atoms with E-state index >= 15 is 0 Å². The van der Waals surface area contributed by atoms with Crippen molar-refractivity contribution in [2.45, 2.75) is 156 Å². The van der Waals surface area contributed by atoms with Crippen LogP contribution in [0.15, 0.2) is 140 Å². The van der Waals surface area contributed by atoms with Gasteiger partial charge in [-0.3, -0.25) is 0 Å². The zero-order valence-corrected chi connectivity index (χ0v) is 40.8. The molecule has 1 nitrogen and oxygen atoms in total. The van der Waals surface area contributed by atoms with Crippen molar-refractivity contribution in [3.8, 4) is 5.75 Å². The first-order valence-electron chi connectivity index (χ1n) is 24.0. The molecule has 5 aromatic rings. The minimum Gasteiger partial charge on any atom is -0.497 e. The second kappa shape index (κ2) is 21.6. The van der Waals surface area contributed by atoms with Crippen molar-refractivity contribution >= 4 is 11.8 Å². The fourth-order valence-electron chi connectivity index (χ4n) is 11.5. The molecule has 0 saturated carbocycles. The predicted molar refractivity (Wildman–Crippen MR) is 268 cm³/mol. The van der Waals surface area contributed by atoms with Gasteiger partial charge >= 0.3 is 0 Å². The molecular weight excluding hydrogens is 757 g/mol. The van der Waals surface area contributed by atoms with E-state index in [9.17, 15) is 0 Å². The third-order valence-electron chi connectivity index (χ3n) is 16.7. The largest absolute Gasteiger partial charge is 0.497 e. The molecular formula is C59H80OS. The normalized spacial score (nSPS) is 13.8. The molecule has 0 heterocycles. The molecule has 0 saturated heterocycles. The Labute approximate surface area is 377 Å². The number of thioether (sulfide) groups is 1. The summed E-state index contributed by atoms with van der Waals surface area (Å²) < 4.78 is 5.22. The van der Waals surface area contributed by atoms with E-state index in [-0.39, 0.29) is 16.2 Å². The van der Waals surface area contributed by atoms with Crippen LogP contribution >= 0.6 is 11.8 Å². The summed E-state index contributed by atoms with van der Waals surface area (Å²) in [4.78, 5) is 0. The lowest BCUT2D eigenvalue weighted by Gasteiger charge is -2.58. The van der Waals surface area contributed by atoms with Crippen LogP contribution in [0.1, 0.15) is 179 Å². The number of ether oxygens (including phenoxy) is 1. The molecule has 0 N–H and O–H groups in total. The van der Waals surface area contributed by atoms with Gasteiger partial charge in [-0.1, -0.05) is 222 Å². The highest BCUT2D eigenvalue weighted by molar-refractivity contribution is 7.99. The summed E-state index contributed by atoms with van der Waals surface area (Å²) in [5, 5.41) is 0. The molecule has 61 heavy (non-hydrogen) atoms. The highest BCUT2D eigenvalue weighted by Crippen LogP contribution is 2.65. The van der Waals surface area contributed by atoms with Gasteiger partial charge in [-0.15, -0.1) is 11.8 Å². The lowest BCUT2D eigenvalue weighted by Crippen LogP contribution is -2.48. The highest BCUT2D eigenvalue weighted by Gasteiger charge is 2.54. The number of hydrogen-bond acceptors (Lipinski definition) is 2. The Balaban J connectivity index is 1.59. The van der Waals surface area contributed by atoms with Crippen LogP contribution < -0.4 is 4.74 Å². The predicted octanol–water partition coefficient (Wildman–Crippen LogP) is 17.8. The van der Waals surface area contributed by atoms with Crippen LogP contribution in [0.5, 0.6) is 5.75 Å². The van der Waals surface area contributed by atoms with E-state index in [1.807, 2.05) is 11.8 Å². The van der Waals surface area contributed by atoms with Gasteiger partial charge in [0.05, 0.1) is 11.9 Å². The van der Waals surface area contributed by atoms with Gasteiger partial charge < -0.3 is 4.74 Å². The van der Waals surface area contributed by atoms with Crippen molar-refractivity contribution in [3.05, 3.63) is 173 Å². The van der Waals surface area contributed by atoms with E-state index in [1.165, 1.54) is 92.0 Å². The van der Waals surface area contributed by atoms with E-state index in [2.05, 4.69) is 209 Å². The van der Waals surface area contributed by atoms with Crippen molar-refractivity contribution < 1.29 is 4.74 Å². The van der Waals surface area contributed by atoms with E-state index < -0.39 is 4.75 Å². The van der Waals surface area contributed by atoms with Crippen LogP contribution in [-0.2, 0) is 10.5 Å². The number of rotatable bonds is 24. The summed E-state index contributed by atoms with van der Waals surface area (Å²) >= 11 is 2.02. The molecule has 328 valence electrons.